The van der Waals surface area contributed by atoms with Crippen LogP contribution in [0.4, 0.5) is 0 Å². The fraction of sp³-hybridized carbons (Fsp3) is 0.444. The Kier molecular flexibility index (Phi) is 11.7. The van der Waals surface area contributed by atoms with Crippen molar-refractivity contribution in [3.05, 3.63) is 71.8 Å². The van der Waals surface area contributed by atoms with E-state index in [1.165, 1.54) is 5.56 Å². The third-order valence-corrected chi connectivity index (χ3v) is 6.16. The highest BCUT2D eigenvalue weighted by molar-refractivity contribution is 5.77. The molecule has 2 heterocycles. The van der Waals surface area contributed by atoms with E-state index in [2.05, 4.69) is 19.1 Å². The van der Waals surface area contributed by atoms with Gasteiger partial charge in [0.1, 0.15) is 0 Å². The Bertz CT molecular complexity index is 913. The summed E-state index contributed by atoms with van der Waals surface area (Å²) in [5, 5.41) is 9.26. The number of likely N-dealkylation sites (tertiary alicyclic amines) is 2. The summed E-state index contributed by atoms with van der Waals surface area (Å²) in [5.74, 6) is 0.465. The topological polar surface area (TPSA) is 95.0 Å². The van der Waals surface area contributed by atoms with Crippen LogP contribution in [0.2, 0.25) is 0 Å². The number of hydrogen-bond acceptors (Lipinski definition) is 5. The maximum absolute atomic E-state index is 11.8. The molecule has 1 N–H and O–H groups in total. The molecule has 2 amide bonds. The van der Waals surface area contributed by atoms with Crippen LogP contribution < -0.4 is 0 Å². The Morgan fingerprint density at radius 2 is 1.24 bits per heavy atom. The van der Waals surface area contributed by atoms with E-state index in [-0.39, 0.29) is 24.7 Å². The van der Waals surface area contributed by atoms with Gasteiger partial charge in [0.15, 0.2) is 0 Å². The summed E-state index contributed by atoms with van der Waals surface area (Å²) in [5.41, 5.74) is 2.34. The summed E-state index contributed by atoms with van der Waals surface area (Å²) in [6, 6.07) is 20.5. The van der Waals surface area contributed by atoms with Crippen molar-refractivity contribution < 1.29 is 24.3 Å². The molecule has 7 heteroatoms. The minimum atomic E-state index is 0.00135. The van der Waals surface area contributed by atoms with Gasteiger partial charge >= 0.3 is 6.15 Å². The van der Waals surface area contributed by atoms with Crippen LogP contribution in [-0.4, -0.2) is 51.6 Å². The zero-order chi connectivity index (χ0) is 24.8. The van der Waals surface area contributed by atoms with E-state index in [0.29, 0.717) is 24.9 Å². The Hall–Kier alpha value is -3.28. The maximum Gasteiger partial charge on any atom is 0.373 e. The number of benzene rings is 2. The van der Waals surface area contributed by atoms with Crippen LogP contribution in [-0.2, 0) is 32.3 Å². The van der Waals surface area contributed by atoms with Gasteiger partial charge in [0, 0.05) is 32.0 Å². The molecule has 182 valence electrons. The standard InChI is InChI=1S/C13H17NO2.C13H17NO.CO2/c15-10-12-7-4-8-13(16)14(12)9-11-5-2-1-3-6-11;1-11-6-5-9-13(15)14(11)10-12-7-3-2-4-8-12;2-1-3/h1-3,5-6,12,15H,4,7-10H2;2-4,7-8,11H,5-6,9-10H2,1H3;/t12-;11-;/m10./s1. The highest BCUT2D eigenvalue weighted by Crippen LogP contribution is 2.21. The fourth-order valence-electron chi connectivity index (χ4n) is 4.30. The fourth-order valence-corrected chi connectivity index (χ4v) is 4.30. The minimum Gasteiger partial charge on any atom is -0.394 e. The zero-order valence-electron chi connectivity index (χ0n) is 19.8. The van der Waals surface area contributed by atoms with Crippen molar-refractivity contribution in [1.29, 1.82) is 0 Å². The predicted molar refractivity (Wildman–Crippen MR) is 127 cm³/mol. The van der Waals surface area contributed by atoms with Crippen molar-refractivity contribution in [3.63, 3.8) is 0 Å². The van der Waals surface area contributed by atoms with Crippen molar-refractivity contribution in [1.82, 2.24) is 9.80 Å². The quantitative estimate of drug-likeness (QED) is 0.727. The first kappa shape index (κ1) is 27.0. The Morgan fingerprint density at radius 3 is 1.71 bits per heavy atom. The van der Waals surface area contributed by atoms with E-state index in [0.717, 1.165) is 44.2 Å². The molecule has 4 rings (SSSR count). The number of nitrogens with zero attached hydrogens (tertiary/aromatic N) is 2. The molecule has 2 atom stereocenters. The van der Waals surface area contributed by atoms with Crippen LogP contribution in [0.5, 0.6) is 0 Å². The molecular weight excluding hydrogens is 432 g/mol. The molecule has 2 aliphatic heterocycles. The van der Waals surface area contributed by atoms with Crippen molar-refractivity contribution >= 4 is 18.0 Å². The van der Waals surface area contributed by atoms with E-state index in [9.17, 15) is 14.7 Å². The van der Waals surface area contributed by atoms with Gasteiger partial charge in [-0.1, -0.05) is 60.7 Å². The minimum absolute atomic E-state index is 0.00135. The van der Waals surface area contributed by atoms with Gasteiger partial charge < -0.3 is 14.9 Å². The van der Waals surface area contributed by atoms with Gasteiger partial charge in [0.2, 0.25) is 11.8 Å². The van der Waals surface area contributed by atoms with Crippen LogP contribution in [0, 0.1) is 0 Å². The first-order valence-electron chi connectivity index (χ1n) is 11.8. The molecule has 0 bridgehead atoms. The lowest BCUT2D eigenvalue weighted by atomic mass is 10.0. The Balaban J connectivity index is 0.000000216. The number of amides is 2. The molecule has 2 aromatic rings. The van der Waals surface area contributed by atoms with Crippen LogP contribution in [0.25, 0.3) is 0 Å². The van der Waals surface area contributed by atoms with Gasteiger partial charge in [0.25, 0.3) is 0 Å². The molecule has 0 radical (unpaired) electrons. The molecule has 0 aliphatic carbocycles. The van der Waals surface area contributed by atoms with Gasteiger partial charge in [-0.15, -0.1) is 0 Å². The number of aliphatic hydroxyl groups is 1. The van der Waals surface area contributed by atoms with Gasteiger partial charge in [-0.05, 0) is 43.7 Å². The number of piperidine rings is 2. The monoisotopic (exact) mass is 466 g/mol. The second kappa shape index (κ2) is 14.8. The lowest BCUT2D eigenvalue weighted by Crippen LogP contribution is -2.44. The number of carbonyl (C=O) groups is 2. The first-order valence-corrected chi connectivity index (χ1v) is 11.8. The van der Waals surface area contributed by atoms with Gasteiger partial charge in [-0.25, -0.2) is 0 Å². The lowest BCUT2D eigenvalue weighted by molar-refractivity contribution is -0.191. The molecule has 2 saturated heterocycles. The van der Waals surface area contributed by atoms with E-state index < -0.39 is 0 Å². The Labute approximate surface area is 201 Å². The van der Waals surface area contributed by atoms with E-state index in [4.69, 9.17) is 9.59 Å². The second-order valence-corrected chi connectivity index (χ2v) is 8.57. The van der Waals surface area contributed by atoms with Crippen molar-refractivity contribution in [3.8, 4) is 0 Å². The summed E-state index contributed by atoms with van der Waals surface area (Å²) in [4.78, 5) is 43.6. The molecule has 2 aromatic carbocycles. The molecule has 0 aromatic heterocycles. The highest BCUT2D eigenvalue weighted by atomic mass is 16.3. The van der Waals surface area contributed by atoms with E-state index in [1.54, 1.807) is 4.90 Å². The summed E-state index contributed by atoms with van der Waals surface area (Å²) < 4.78 is 0. The number of aliphatic hydroxyl groups excluding tert-OH is 1. The predicted octanol–water partition coefficient (Wildman–Crippen LogP) is 3.56. The maximum atomic E-state index is 11.8. The third-order valence-electron chi connectivity index (χ3n) is 6.16. The van der Waals surface area contributed by atoms with Gasteiger partial charge in [-0.2, -0.15) is 9.59 Å². The summed E-state index contributed by atoms with van der Waals surface area (Å²) in [6.07, 6.45) is 5.58. The molecule has 2 fully saturated rings. The molecule has 7 nitrogen and oxygen atoms in total. The van der Waals surface area contributed by atoms with Crippen molar-refractivity contribution in [2.75, 3.05) is 6.61 Å². The molecule has 0 saturated carbocycles. The van der Waals surface area contributed by atoms with Crippen molar-refractivity contribution in [2.45, 2.75) is 70.6 Å². The lowest BCUT2D eigenvalue weighted by Gasteiger charge is -2.34. The summed E-state index contributed by atoms with van der Waals surface area (Å²) >= 11 is 0. The second-order valence-electron chi connectivity index (χ2n) is 8.57. The highest BCUT2D eigenvalue weighted by Gasteiger charge is 2.27. The zero-order valence-corrected chi connectivity index (χ0v) is 19.8. The van der Waals surface area contributed by atoms with Gasteiger partial charge in [-0.3, -0.25) is 9.59 Å². The average molecular weight is 467 g/mol. The molecule has 34 heavy (non-hydrogen) atoms. The number of rotatable bonds is 5. The van der Waals surface area contributed by atoms with E-state index >= 15 is 0 Å². The molecular formula is C27H34N2O5. The first-order chi connectivity index (χ1) is 16.5. The van der Waals surface area contributed by atoms with E-state index in [1.807, 2.05) is 53.4 Å². The largest absolute Gasteiger partial charge is 0.394 e. The molecule has 0 spiro atoms. The average Bonchev–Trinajstić information content (AvgIpc) is 2.85. The normalized spacial score (nSPS) is 19.8. The van der Waals surface area contributed by atoms with Crippen molar-refractivity contribution in [2.24, 2.45) is 0 Å². The number of carbonyl (C=O) groups excluding carboxylic acids is 4. The smallest absolute Gasteiger partial charge is 0.373 e. The summed E-state index contributed by atoms with van der Waals surface area (Å²) in [7, 11) is 0. The Morgan fingerprint density at radius 1 is 0.794 bits per heavy atom. The van der Waals surface area contributed by atoms with Crippen LogP contribution in [0.15, 0.2) is 60.7 Å². The molecule has 0 unspecified atom stereocenters. The van der Waals surface area contributed by atoms with Crippen LogP contribution >= 0.6 is 0 Å². The summed E-state index contributed by atoms with van der Waals surface area (Å²) in [6.45, 7) is 3.59. The molecule has 2 aliphatic rings. The number of hydrogen-bond donors (Lipinski definition) is 1. The third kappa shape index (κ3) is 8.58. The SMILES string of the molecule is C[C@H]1CCCC(=O)N1Cc1ccccc1.O=C1CCC[C@H](CO)N1Cc1ccccc1.O=C=O. The van der Waals surface area contributed by atoms with Gasteiger partial charge in [0.05, 0.1) is 12.6 Å². The van der Waals surface area contributed by atoms with Crippen LogP contribution in [0.1, 0.15) is 56.6 Å². The van der Waals surface area contributed by atoms with Crippen LogP contribution in [0.3, 0.4) is 0 Å².